The predicted octanol–water partition coefficient (Wildman–Crippen LogP) is 1.72. The second-order valence-electron chi connectivity index (χ2n) is 7.11. The van der Waals surface area contributed by atoms with Crippen molar-refractivity contribution < 1.29 is 14.0 Å². The van der Waals surface area contributed by atoms with Crippen LogP contribution < -0.4 is 10.2 Å². The van der Waals surface area contributed by atoms with Gasteiger partial charge in [-0.1, -0.05) is 6.07 Å². The molecule has 2 aromatic heterocycles. The first-order valence-corrected chi connectivity index (χ1v) is 9.06. The Morgan fingerprint density at radius 2 is 2.18 bits per heavy atom. The highest BCUT2D eigenvalue weighted by Gasteiger charge is 2.37. The Balaban J connectivity index is 1.49. The number of benzene rings is 1. The van der Waals surface area contributed by atoms with Crippen LogP contribution in [0.5, 0.6) is 0 Å². The van der Waals surface area contributed by atoms with Gasteiger partial charge in [-0.15, -0.1) is 0 Å². The number of aromatic nitrogens is 4. The maximum absolute atomic E-state index is 14.2. The number of hydrogen-bond acceptors (Lipinski definition) is 4. The minimum atomic E-state index is -0.511. The Bertz CT molecular complexity index is 1090. The molecule has 1 aromatic carbocycles. The van der Waals surface area contributed by atoms with E-state index < -0.39 is 11.7 Å². The summed E-state index contributed by atoms with van der Waals surface area (Å²) >= 11 is 0. The number of rotatable bonds is 4. The molecule has 0 bridgehead atoms. The molecule has 0 aliphatic carbocycles. The largest absolute Gasteiger partial charge is 0.352 e. The normalized spacial score (nSPS) is 16.9. The van der Waals surface area contributed by atoms with Gasteiger partial charge in [0.05, 0.1) is 22.5 Å². The fraction of sp³-hybridized carbons (Fsp3) is 0.368. The zero-order valence-corrected chi connectivity index (χ0v) is 15.9. The molecule has 0 spiro atoms. The molecule has 1 atom stereocenters. The Kier molecular flexibility index (Phi) is 4.37. The molecule has 4 rings (SSSR count). The average molecular weight is 384 g/mol. The third-order valence-electron chi connectivity index (χ3n) is 5.37. The lowest BCUT2D eigenvalue weighted by Gasteiger charge is -2.14. The van der Waals surface area contributed by atoms with E-state index in [1.807, 2.05) is 20.9 Å². The molecule has 1 fully saturated rings. The third kappa shape index (κ3) is 2.92. The van der Waals surface area contributed by atoms with Gasteiger partial charge >= 0.3 is 0 Å². The Labute approximate surface area is 160 Å². The van der Waals surface area contributed by atoms with Crippen molar-refractivity contribution in [2.45, 2.75) is 26.8 Å². The smallest absolute Gasteiger partial charge is 0.229 e. The fourth-order valence-electron chi connectivity index (χ4n) is 3.69. The van der Waals surface area contributed by atoms with Crippen molar-refractivity contribution in [3.05, 3.63) is 41.0 Å². The van der Waals surface area contributed by atoms with Crippen LogP contribution in [0.1, 0.15) is 23.4 Å². The lowest BCUT2D eigenvalue weighted by atomic mass is 10.1. The molecule has 8 nitrogen and oxygen atoms in total. The lowest BCUT2D eigenvalue weighted by molar-refractivity contribution is -0.126. The summed E-state index contributed by atoms with van der Waals surface area (Å²) in [5, 5.41) is 14.3. The molecular weight excluding hydrogens is 363 g/mol. The van der Waals surface area contributed by atoms with Gasteiger partial charge in [-0.05, 0) is 26.0 Å². The average Bonchev–Trinajstić information content (AvgIpc) is 3.31. The molecule has 0 radical (unpaired) electrons. The van der Waals surface area contributed by atoms with E-state index in [4.69, 9.17) is 0 Å². The molecule has 9 heteroatoms. The van der Waals surface area contributed by atoms with Gasteiger partial charge in [-0.3, -0.25) is 24.3 Å². The minimum absolute atomic E-state index is 0.0691. The number of halogens is 1. The Morgan fingerprint density at radius 1 is 1.39 bits per heavy atom. The summed E-state index contributed by atoms with van der Waals surface area (Å²) in [7, 11) is 1.86. The molecule has 28 heavy (non-hydrogen) atoms. The van der Waals surface area contributed by atoms with Gasteiger partial charge in [-0.25, -0.2) is 4.39 Å². The van der Waals surface area contributed by atoms with Gasteiger partial charge in [0.15, 0.2) is 5.82 Å². The zero-order chi connectivity index (χ0) is 20.0. The Hall–Kier alpha value is -3.23. The zero-order valence-electron chi connectivity index (χ0n) is 15.9. The number of anilines is 1. The monoisotopic (exact) mass is 384 g/mol. The first-order valence-electron chi connectivity index (χ1n) is 9.06. The molecule has 1 aliphatic heterocycles. The Morgan fingerprint density at radius 3 is 2.89 bits per heavy atom. The van der Waals surface area contributed by atoms with E-state index in [1.54, 1.807) is 16.8 Å². The number of hydrogen-bond donors (Lipinski definition) is 2. The fourth-order valence-corrected chi connectivity index (χ4v) is 3.69. The maximum Gasteiger partial charge on any atom is 0.229 e. The van der Waals surface area contributed by atoms with Gasteiger partial charge in [0.2, 0.25) is 11.8 Å². The first kappa shape index (κ1) is 18.1. The quantitative estimate of drug-likeness (QED) is 0.716. The van der Waals surface area contributed by atoms with Crippen LogP contribution in [0, 0.1) is 25.6 Å². The van der Waals surface area contributed by atoms with Crippen molar-refractivity contribution >= 4 is 28.5 Å². The number of aryl methyl sites for hydroxylation is 2. The highest BCUT2D eigenvalue weighted by atomic mass is 19.1. The topological polar surface area (TPSA) is 95.9 Å². The third-order valence-corrected chi connectivity index (χ3v) is 5.37. The van der Waals surface area contributed by atoms with E-state index in [-0.39, 0.29) is 36.0 Å². The SMILES string of the molecule is Cc1nn(C)c(C)c1CNC(=O)[C@H]1CC(=O)N(c2n[nH]c3cccc(F)c23)C1. The number of carbonyl (C=O) groups excluding carboxylic acids is 2. The van der Waals surface area contributed by atoms with Crippen LogP contribution in [-0.2, 0) is 23.2 Å². The maximum atomic E-state index is 14.2. The molecule has 146 valence electrons. The number of H-pyrrole nitrogens is 1. The number of amides is 2. The highest BCUT2D eigenvalue weighted by Crippen LogP contribution is 2.31. The molecule has 0 unspecified atom stereocenters. The standard InChI is InChI=1S/C19H21FN6O2/c1-10-13(11(2)25(3)24-10)8-21-19(28)12-7-16(27)26(9-12)18-17-14(20)5-4-6-15(17)22-23-18/h4-6,12H,7-9H2,1-3H3,(H,21,28)(H,22,23)/t12-/m0/s1. The number of nitrogens with one attached hydrogen (secondary N) is 2. The van der Waals surface area contributed by atoms with E-state index in [1.165, 1.54) is 11.0 Å². The van der Waals surface area contributed by atoms with Crippen molar-refractivity contribution in [2.24, 2.45) is 13.0 Å². The summed E-state index contributed by atoms with van der Waals surface area (Å²) in [5.74, 6) is -1.19. The summed E-state index contributed by atoms with van der Waals surface area (Å²) in [4.78, 5) is 26.5. The molecule has 2 N–H and O–H groups in total. The predicted molar refractivity (Wildman–Crippen MR) is 101 cm³/mol. The molecule has 2 amide bonds. The van der Waals surface area contributed by atoms with Crippen LogP contribution >= 0.6 is 0 Å². The number of aromatic amines is 1. The molecule has 3 heterocycles. The van der Waals surface area contributed by atoms with Crippen molar-refractivity contribution in [3.63, 3.8) is 0 Å². The number of nitrogens with zero attached hydrogens (tertiary/aromatic N) is 4. The highest BCUT2D eigenvalue weighted by molar-refractivity contribution is 6.05. The summed E-state index contributed by atoms with van der Waals surface area (Å²) in [5.41, 5.74) is 3.33. The number of carbonyl (C=O) groups is 2. The van der Waals surface area contributed by atoms with E-state index in [0.29, 0.717) is 12.1 Å². The van der Waals surface area contributed by atoms with E-state index in [9.17, 15) is 14.0 Å². The minimum Gasteiger partial charge on any atom is -0.352 e. The second-order valence-corrected chi connectivity index (χ2v) is 7.11. The molecule has 0 saturated carbocycles. The van der Waals surface area contributed by atoms with Gasteiger partial charge in [0.1, 0.15) is 5.82 Å². The number of fused-ring (bicyclic) bond motifs is 1. The van der Waals surface area contributed by atoms with Gasteiger partial charge in [-0.2, -0.15) is 10.2 Å². The second kappa shape index (κ2) is 6.74. The molecule has 1 aliphatic rings. The van der Waals surface area contributed by atoms with Crippen LogP contribution in [0.4, 0.5) is 10.2 Å². The summed E-state index contributed by atoms with van der Waals surface area (Å²) in [6.45, 7) is 4.37. The molecular formula is C19H21FN6O2. The summed E-state index contributed by atoms with van der Waals surface area (Å²) < 4.78 is 16.0. The van der Waals surface area contributed by atoms with Crippen molar-refractivity contribution in [1.29, 1.82) is 0 Å². The summed E-state index contributed by atoms with van der Waals surface area (Å²) in [6.07, 6.45) is 0.0691. The van der Waals surface area contributed by atoms with Gasteiger partial charge < -0.3 is 5.32 Å². The van der Waals surface area contributed by atoms with E-state index >= 15 is 0 Å². The summed E-state index contributed by atoms with van der Waals surface area (Å²) in [6, 6.07) is 4.59. The van der Waals surface area contributed by atoms with Crippen LogP contribution in [0.25, 0.3) is 10.9 Å². The van der Waals surface area contributed by atoms with Crippen molar-refractivity contribution in [1.82, 2.24) is 25.3 Å². The van der Waals surface area contributed by atoms with Crippen LogP contribution in [-0.4, -0.2) is 38.3 Å². The molecule has 1 saturated heterocycles. The van der Waals surface area contributed by atoms with Gasteiger partial charge in [0.25, 0.3) is 0 Å². The van der Waals surface area contributed by atoms with E-state index in [2.05, 4.69) is 20.6 Å². The van der Waals surface area contributed by atoms with E-state index in [0.717, 1.165) is 17.0 Å². The van der Waals surface area contributed by atoms with Crippen LogP contribution in [0.2, 0.25) is 0 Å². The molecule has 3 aromatic rings. The van der Waals surface area contributed by atoms with Crippen molar-refractivity contribution in [3.8, 4) is 0 Å². The van der Waals surface area contributed by atoms with Crippen LogP contribution in [0.3, 0.4) is 0 Å². The first-order chi connectivity index (χ1) is 13.4. The van der Waals surface area contributed by atoms with Crippen molar-refractivity contribution in [2.75, 3.05) is 11.4 Å². The lowest BCUT2D eigenvalue weighted by Crippen LogP contribution is -2.33. The van der Waals surface area contributed by atoms with Gasteiger partial charge in [0, 0.05) is 37.8 Å². The van der Waals surface area contributed by atoms with Crippen LogP contribution in [0.15, 0.2) is 18.2 Å².